The zero-order valence-corrected chi connectivity index (χ0v) is 19.8. The van der Waals surface area contributed by atoms with E-state index in [0.29, 0.717) is 11.3 Å². The Hall–Kier alpha value is -1.12. The fourth-order valence-corrected chi connectivity index (χ4v) is 8.88. The second-order valence-corrected chi connectivity index (χ2v) is 12.2. The Morgan fingerprint density at radius 2 is 1.77 bits per heavy atom. The summed E-state index contributed by atoms with van der Waals surface area (Å²) in [6.45, 7) is 7.16. The quantitative estimate of drug-likeness (QED) is 0.558. The molecule has 0 amide bonds. The lowest BCUT2D eigenvalue weighted by Crippen LogP contribution is -2.53. The van der Waals surface area contributed by atoms with Crippen LogP contribution in [0.2, 0.25) is 0 Å². The molecule has 2 heteroatoms. The highest BCUT2D eigenvalue weighted by Gasteiger charge is 2.61. The van der Waals surface area contributed by atoms with Crippen molar-refractivity contribution in [1.82, 2.24) is 0 Å². The second kappa shape index (κ2) is 7.73. The lowest BCUT2D eigenvalue weighted by molar-refractivity contribution is -0.104. The van der Waals surface area contributed by atoms with Crippen LogP contribution in [0.3, 0.4) is 0 Å². The van der Waals surface area contributed by atoms with E-state index >= 15 is 0 Å². The molecule has 170 valence electrons. The summed E-state index contributed by atoms with van der Waals surface area (Å²) in [4.78, 5) is 0. The van der Waals surface area contributed by atoms with Gasteiger partial charge in [0.2, 0.25) is 0 Å². The van der Waals surface area contributed by atoms with E-state index in [1.54, 1.807) is 5.57 Å². The SMILES string of the molecule is C[C@]12CCC3C(CC=C4C[C@@H](O)CC[C@@]43C)C1CCC2[C@@](C)(O)CCc1ccccc1. The number of allylic oxidation sites excluding steroid dienone is 1. The first kappa shape index (κ1) is 21.7. The Balaban J connectivity index is 1.35. The predicted molar refractivity (Wildman–Crippen MR) is 127 cm³/mol. The Kier molecular flexibility index (Phi) is 5.42. The van der Waals surface area contributed by atoms with Crippen LogP contribution >= 0.6 is 0 Å². The van der Waals surface area contributed by atoms with Gasteiger partial charge < -0.3 is 10.2 Å². The van der Waals surface area contributed by atoms with Crippen molar-refractivity contribution in [2.24, 2.45) is 34.5 Å². The summed E-state index contributed by atoms with van der Waals surface area (Å²) < 4.78 is 0. The molecule has 2 nitrogen and oxygen atoms in total. The van der Waals surface area contributed by atoms with Crippen molar-refractivity contribution in [3.63, 3.8) is 0 Å². The molecule has 0 spiro atoms. The Morgan fingerprint density at radius 1 is 1.00 bits per heavy atom. The van der Waals surface area contributed by atoms with E-state index in [0.717, 1.165) is 49.9 Å². The topological polar surface area (TPSA) is 40.5 Å². The summed E-state index contributed by atoms with van der Waals surface area (Å²) in [7, 11) is 0. The van der Waals surface area contributed by atoms with Crippen LogP contribution < -0.4 is 0 Å². The molecule has 2 N–H and O–H groups in total. The molecule has 0 aromatic heterocycles. The molecule has 0 heterocycles. The number of aryl methyl sites for hydroxylation is 1. The third-order valence-corrected chi connectivity index (χ3v) is 10.6. The van der Waals surface area contributed by atoms with E-state index in [-0.39, 0.29) is 11.5 Å². The average molecular weight is 423 g/mol. The number of aliphatic hydroxyl groups excluding tert-OH is 1. The van der Waals surface area contributed by atoms with Crippen LogP contribution in [0.5, 0.6) is 0 Å². The molecule has 1 aromatic carbocycles. The Morgan fingerprint density at radius 3 is 2.55 bits per heavy atom. The lowest BCUT2D eigenvalue weighted by Gasteiger charge is -2.59. The lowest BCUT2D eigenvalue weighted by atomic mass is 9.46. The van der Waals surface area contributed by atoms with Crippen LogP contribution in [0, 0.1) is 34.5 Å². The second-order valence-electron chi connectivity index (χ2n) is 12.2. The number of hydrogen-bond acceptors (Lipinski definition) is 2. The molecule has 0 radical (unpaired) electrons. The van der Waals surface area contributed by atoms with Crippen LogP contribution in [0.25, 0.3) is 0 Å². The van der Waals surface area contributed by atoms with Gasteiger partial charge in [0.1, 0.15) is 0 Å². The smallest absolute Gasteiger partial charge is 0.0656 e. The van der Waals surface area contributed by atoms with Gasteiger partial charge in [-0.3, -0.25) is 0 Å². The van der Waals surface area contributed by atoms with Crippen LogP contribution in [0.15, 0.2) is 42.0 Å². The average Bonchev–Trinajstić information content (AvgIpc) is 3.12. The highest BCUT2D eigenvalue weighted by Crippen LogP contribution is 2.67. The molecule has 5 rings (SSSR count). The molecule has 0 saturated heterocycles. The van der Waals surface area contributed by atoms with Gasteiger partial charge in [-0.05, 0) is 111 Å². The van der Waals surface area contributed by atoms with E-state index < -0.39 is 5.60 Å². The Bertz CT molecular complexity index is 826. The molecule has 3 fully saturated rings. The van der Waals surface area contributed by atoms with Gasteiger partial charge in [0.15, 0.2) is 0 Å². The van der Waals surface area contributed by atoms with Crippen molar-refractivity contribution < 1.29 is 10.2 Å². The van der Waals surface area contributed by atoms with Crippen LogP contribution in [-0.2, 0) is 6.42 Å². The Labute approximate surface area is 189 Å². The standard InChI is InChI=1S/C29H42O2/c1-27-16-14-22(30)19-21(27)9-10-23-24-11-12-26(28(24,2)17-15-25(23)27)29(3,31)18-13-20-7-5-4-6-8-20/h4-9,22-26,30-31H,10-19H2,1-3H3/t22-,23?,24?,25?,26?,27-,28-,29-/m0/s1. The van der Waals surface area contributed by atoms with Gasteiger partial charge in [0.05, 0.1) is 11.7 Å². The minimum atomic E-state index is -0.597. The van der Waals surface area contributed by atoms with E-state index in [9.17, 15) is 10.2 Å². The minimum Gasteiger partial charge on any atom is -0.393 e. The highest BCUT2D eigenvalue weighted by atomic mass is 16.3. The van der Waals surface area contributed by atoms with Crippen molar-refractivity contribution in [1.29, 1.82) is 0 Å². The zero-order valence-electron chi connectivity index (χ0n) is 19.8. The molecule has 0 aliphatic heterocycles. The molecule has 31 heavy (non-hydrogen) atoms. The third-order valence-electron chi connectivity index (χ3n) is 10.6. The van der Waals surface area contributed by atoms with E-state index in [4.69, 9.17) is 0 Å². The van der Waals surface area contributed by atoms with Gasteiger partial charge in [-0.2, -0.15) is 0 Å². The summed E-state index contributed by atoms with van der Waals surface area (Å²) in [6.07, 6.45) is 13.5. The first-order chi connectivity index (χ1) is 14.7. The maximum absolute atomic E-state index is 11.7. The van der Waals surface area contributed by atoms with E-state index in [2.05, 4.69) is 57.2 Å². The molecule has 0 bridgehead atoms. The van der Waals surface area contributed by atoms with Gasteiger partial charge in [-0.1, -0.05) is 55.8 Å². The van der Waals surface area contributed by atoms with E-state index in [1.165, 1.54) is 37.7 Å². The molecular formula is C29H42O2. The molecular weight excluding hydrogens is 380 g/mol. The third kappa shape index (κ3) is 3.53. The van der Waals surface area contributed by atoms with E-state index in [1.807, 2.05) is 0 Å². The van der Waals surface area contributed by atoms with Gasteiger partial charge in [0, 0.05) is 0 Å². The highest BCUT2D eigenvalue weighted by molar-refractivity contribution is 5.26. The molecule has 4 unspecified atom stereocenters. The molecule has 4 aliphatic carbocycles. The number of hydrogen-bond donors (Lipinski definition) is 2. The van der Waals surface area contributed by atoms with Crippen molar-refractivity contribution in [3.05, 3.63) is 47.5 Å². The maximum atomic E-state index is 11.7. The van der Waals surface area contributed by atoms with Crippen molar-refractivity contribution in [3.8, 4) is 0 Å². The monoisotopic (exact) mass is 422 g/mol. The first-order valence-corrected chi connectivity index (χ1v) is 12.9. The summed E-state index contributed by atoms with van der Waals surface area (Å²) in [5.41, 5.74) is 2.86. The fraction of sp³-hybridized carbons (Fsp3) is 0.724. The fourth-order valence-electron chi connectivity index (χ4n) is 8.88. The normalized spacial score (nSPS) is 43.9. The minimum absolute atomic E-state index is 0.125. The van der Waals surface area contributed by atoms with Gasteiger partial charge in [-0.15, -0.1) is 0 Å². The summed E-state index contributed by atoms with van der Waals surface area (Å²) in [5.74, 6) is 2.67. The number of rotatable bonds is 4. The first-order valence-electron chi connectivity index (χ1n) is 12.9. The number of aliphatic hydroxyl groups is 2. The van der Waals surface area contributed by atoms with Crippen molar-refractivity contribution in [2.75, 3.05) is 0 Å². The van der Waals surface area contributed by atoms with Gasteiger partial charge in [0.25, 0.3) is 0 Å². The van der Waals surface area contributed by atoms with Gasteiger partial charge >= 0.3 is 0 Å². The molecule has 4 aliphatic rings. The molecule has 8 atom stereocenters. The van der Waals surface area contributed by atoms with Gasteiger partial charge in [-0.25, -0.2) is 0 Å². The molecule has 3 saturated carbocycles. The van der Waals surface area contributed by atoms with Crippen molar-refractivity contribution in [2.45, 2.75) is 96.7 Å². The predicted octanol–water partition coefficient (Wildman–Crippen LogP) is 6.31. The number of benzene rings is 1. The van der Waals surface area contributed by atoms with Crippen LogP contribution in [0.1, 0.15) is 84.1 Å². The van der Waals surface area contributed by atoms with Crippen molar-refractivity contribution >= 4 is 0 Å². The molecule has 1 aromatic rings. The van der Waals surface area contributed by atoms with Crippen LogP contribution in [-0.4, -0.2) is 21.9 Å². The summed E-state index contributed by atoms with van der Waals surface area (Å²) >= 11 is 0. The largest absolute Gasteiger partial charge is 0.393 e. The summed E-state index contributed by atoms with van der Waals surface area (Å²) in [6, 6.07) is 10.7. The number of fused-ring (bicyclic) bond motifs is 5. The zero-order chi connectivity index (χ0) is 21.9. The summed E-state index contributed by atoms with van der Waals surface area (Å²) in [5, 5.41) is 21.9. The maximum Gasteiger partial charge on any atom is 0.0656 e. The van der Waals surface area contributed by atoms with Crippen LogP contribution in [0.4, 0.5) is 0 Å².